The number of fused-ring (bicyclic) bond motifs is 1. The van der Waals surface area contributed by atoms with Gasteiger partial charge in [0.05, 0.1) is 0 Å². The van der Waals surface area contributed by atoms with Crippen LogP contribution in [-0.4, -0.2) is 40.3 Å². The Morgan fingerprint density at radius 2 is 1.88 bits per heavy atom. The minimum Gasteiger partial charge on any atom is -0.480 e. The number of carboxylic acid groups (broad SMARTS) is 1. The van der Waals surface area contributed by atoms with Gasteiger partial charge in [0, 0.05) is 6.54 Å². The highest BCUT2D eigenvalue weighted by Crippen LogP contribution is 2.47. The van der Waals surface area contributed by atoms with Crippen LogP contribution in [0.15, 0.2) is 0 Å². The third-order valence-corrected chi connectivity index (χ3v) is 3.32. The van der Waals surface area contributed by atoms with Crippen molar-refractivity contribution in [1.29, 1.82) is 0 Å². The second-order valence-electron chi connectivity index (χ2n) is 5.98. The third-order valence-electron chi connectivity index (χ3n) is 3.32. The average molecular weight is 241 g/mol. The summed E-state index contributed by atoms with van der Waals surface area (Å²) in [5, 5.41) is 9.14. The lowest BCUT2D eigenvalue weighted by Gasteiger charge is -2.34. The molecule has 96 valence electrons. The smallest absolute Gasteiger partial charge is 0.411 e. The predicted molar refractivity (Wildman–Crippen MR) is 60.6 cm³/mol. The van der Waals surface area contributed by atoms with E-state index in [0.29, 0.717) is 24.8 Å². The molecule has 1 aliphatic carbocycles. The summed E-state index contributed by atoms with van der Waals surface area (Å²) in [7, 11) is 0. The Balaban J connectivity index is 2.06. The molecular formula is C12H19NO4. The molecule has 5 nitrogen and oxygen atoms in total. The molecule has 0 unspecified atom stereocenters. The molecule has 0 aromatic carbocycles. The van der Waals surface area contributed by atoms with Gasteiger partial charge in [-0.1, -0.05) is 0 Å². The first-order valence-corrected chi connectivity index (χ1v) is 6.00. The third kappa shape index (κ3) is 2.70. The van der Waals surface area contributed by atoms with E-state index in [1.807, 2.05) is 0 Å². The Labute approximate surface area is 101 Å². The molecule has 1 heterocycles. The van der Waals surface area contributed by atoms with E-state index >= 15 is 0 Å². The summed E-state index contributed by atoms with van der Waals surface area (Å²) in [5.41, 5.74) is -0.583. The normalized spacial score (nSPS) is 31.7. The first kappa shape index (κ1) is 12.2. The molecule has 3 atom stereocenters. The van der Waals surface area contributed by atoms with Crippen LogP contribution in [0.2, 0.25) is 0 Å². The number of hydrogen-bond donors (Lipinski definition) is 1. The Bertz CT molecular complexity index is 347. The van der Waals surface area contributed by atoms with Crippen LogP contribution in [0.1, 0.15) is 33.6 Å². The predicted octanol–water partition coefficient (Wildman–Crippen LogP) is 1.72. The van der Waals surface area contributed by atoms with Crippen molar-refractivity contribution >= 4 is 12.1 Å². The number of carbonyl (C=O) groups excluding carboxylic acids is 1. The minimum absolute atomic E-state index is 0.484. The van der Waals surface area contributed by atoms with Gasteiger partial charge in [-0.15, -0.1) is 0 Å². The van der Waals surface area contributed by atoms with Crippen molar-refractivity contribution in [1.82, 2.24) is 4.90 Å². The fourth-order valence-corrected chi connectivity index (χ4v) is 2.37. The number of rotatable bonds is 1. The van der Waals surface area contributed by atoms with E-state index < -0.39 is 23.7 Å². The average Bonchev–Trinajstić information content (AvgIpc) is 2.90. The zero-order valence-electron chi connectivity index (χ0n) is 10.5. The van der Waals surface area contributed by atoms with E-state index in [1.165, 1.54) is 4.90 Å². The first-order valence-electron chi connectivity index (χ1n) is 6.00. The highest BCUT2D eigenvalue weighted by Gasteiger charge is 2.50. The van der Waals surface area contributed by atoms with Crippen LogP contribution in [-0.2, 0) is 9.53 Å². The summed E-state index contributed by atoms with van der Waals surface area (Å²) < 4.78 is 5.25. The van der Waals surface area contributed by atoms with Crippen molar-refractivity contribution in [3.05, 3.63) is 0 Å². The monoisotopic (exact) mass is 241 g/mol. The molecule has 0 radical (unpaired) electrons. The molecule has 1 saturated carbocycles. The van der Waals surface area contributed by atoms with Gasteiger partial charge in [-0.3, -0.25) is 4.90 Å². The topological polar surface area (TPSA) is 66.8 Å². The summed E-state index contributed by atoms with van der Waals surface area (Å²) in [5.74, 6) is 0.0501. The second-order valence-corrected chi connectivity index (χ2v) is 5.98. The van der Waals surface area contributed by atoms with Crippen LogP contribution in [0.3, 0.4) is 0 Å². The van der Waals surface area contributed by atoms with Gasteiger partial charge in [0.2, 0.25) is 0 Å². The fourth-order valence-electron chi connectivity index (χ4n) is 2.37. The standard InChI is InChI=1S/C12H19NO4/c1-12(2,3)17-11(16)13-6-8-4-7(8)5-9(13)10(14)15/h7-9H,4-6H2,1-3H3,(H,14,15)/t7-,8+,9+/m1/s1. The Morgan fingerprint density at radius 3 is 2.41 bits per heavy atom. The van der Waals surface area contributed by atoms with E-state index in [0.717, 1.165) is 6.42 Å². The maximum atomic E-state index is 11.9. The zero-order valence-corrected chi connectivity index (χ0v) is 10.5. The lowest BCUT2D eigenvalue weighted by atomic mass is 10.0. The molecule has 0 aromatic rings. The van der Waals surface area contributed by atoms with Gasteiger partial charge in [-0.05, 0) is 45.4 Å². The molecule has 2 rings (SSSR count). The number of nitrogens with zero attached hydrogens (tertiary/aromatic N) is 1. The van der Waals surface area contributed by atoms with Crippen LogP contribution < -0.4 is 0 Å². The second kappa shape index (κ2) is 3.89. The van der Waals surface area contributed by atoms with Crippen LogP contribution in [0.4, 0.5) is 4.79 Å². The minimum atomic E-state index is -0.929. The van der Waals surface area contributed by atoms with Gasteiger partial charge in [-0.25, -0.2) is 9.59 Å². The number of carbonyl (C=O) groups is 2. The van der Waals surface area contributed by atoms with Crippen molar-refractivity contribution in [3.8, 4) is 0 Å². The Hall–Kier alpha value is -1.26. The van der Waals surface area contributed by atoms with Gasteiger partial charge in [0.25, 0.3) is 0 Å². The van der Waals surface area contributed by atoms with E-state index in [2.05, 4.69) is 0 Å². The molecule has 1 saturated heterocycles. The molecule has 0 bridgehead atoms. The maximum Gasteiger partial charge on any atom is 0.411 e. The number of ether oxygens (including phenoxy) is 1. The number of amides is 1. The molecule has 0 aromatic heterocycles. The number of likely N-dealkylation sites (tertiary alicyclic amines) is 1. The summed E-state index contributed by atoms with van der Waals surface area (Å²) in [4.78, 5) is 24.5. The van der Waals surface area contributed by atoms with E-state index in [1.54, 1.807) is 20.8 Å². The highest BCUT2D eigenvalue weighted by molar-refractivity contribution is 5.80. The van der Waals surface area contributed by atoms with Crippen LogP contribution >= 0.6 is 0 Å². The molecular weight excluding hydrogens is 222 g/mol. The van der Waals surface area contributed by atoms with Crippen molar-refractivity contribution in [2.45, 2.75) is 45.3 Å². The summed E-state index contributed by atoms with van der Waals surface area (Å²) in [6, 6.07) is -0.714. The van der Waals surface area contributed by atoms with Gasteiger partial charge in [0.15, 0.2) is 0 Å². The molecule has 2 aliphatic rings. The zero-order chi connectivity index (χ0) is 12.8. The summed E-state index contributed by atoms with van der Waals surface area (Å²) in [6.07, 6.45) is 1.11. The molecule has 1 amide bonds. The van der Waals surface area contributed by atoms with E-state index in [4.69, 9.17) is 9.84 Å². The molecule has 1 N–H and O–H groups in total. The summed E-state index contributed by atoms with van der Waals surface area (Å²) >= 11 is 0. The van der Waals surface area contributed by atoms with Crippen molar-refractivity contribution in [3.63, 3.8) is 0 Å². The Morgan fingerprint density at radius 1 is 1.24 bits per heavy atom. The summed E-state index contributed by atoms with van der Waals surface area (Å²) in [6.45, 7) is 5.87. The van der Waals surface area contributed by atoms with Gasteiger partial charge in [-0.2, -0.15) is 0 Å². The van der Waals surface area contributed by atoms with Gasteiger partial charge in [0.1, 0.15) is 11.6 Å². The van der Waals surface area contributed by atoms with E-state index in [9.17, 15) is 9.59 Å². The molecule has 0 spiro atoms. The van der Waals surface area contributed by atoms with Crippen LogP contribution in [0.5, 0.6) is 0 Å². The Kier molecular flexibility index (Phi) is 2.79. The number of carboxylic acids is 1. The van der Waals surface area contributed by atoms with Crippen LogP contribution in [0.25, 0.3) is 0 Å². The van der Waals surface area contributed by atoms with Gasteiger partial charge < -0.3 is 9.84 Å². The first-order chi connectivity index (χ1) is 7.78. The van der Waals surface area contributed by atoms with Crippen molar-refractivity contribution in [2.24, 2.45) is 11.8 Å². The number of hydrogen-bond acceptors (Lipinski definition) is 3. The SMILES string of the molecule is CC(C)(C)OC(=O)N1C[C@@H]2C[C@@H]2C[C@H]1C(=O)O. The number of piperidine rings is 1. The fraction of sp³-hybridized carbons (Fsp3) is 0.833. The van der Waals surface area contributed by atoms with Crippen LogP contribution in [0, 0.1) is 11.8 Å². The van der Waals surface area contributed by atoms with Gasteiger partial charge >= 0.3 is 12.1 Å². The number of aliphatic carboxylic acids is 1. The molecule has 2 fully saturated rings. The quantitative estimate of drug-likeness (QED) is 0.759. The highest BCUT2D eigenvalue weighted by atomic mass is 16.6. The maximum absolute atomic E-state index is 11.9. The lowest BCUT2D eigenvalue weighted by Crippen LogP contribution is -2.50. The molecule has 5 heteroatoms. The largest absolute Gasteiger partial charge is 0.480 e. The van der Waals surface area contributed by atoms with Crippen molar-refractivity contribution in [2.75, 3.05) is 6.54 Å². The lowest BCUT2D eigenvalue weighted by molar-refractivity contribution is -0.144. The molecule has 17 heavy (non-hydrogen) atoms. The van der Waals surface area contributed by atoms with Crippen molar-refractivity contribution < 1.29 is 19.4 Å². The van der Waals surface area contributed by atoms with E-state index in [-0.39, 0.29) is 0 Å². The molecule has 1 aliphatic heterocycles.